The van der Waals surface area contributed by atoms with Gasteiger partial charge in [0.25, 0.3) is 5.91 Å². The number of benzene rings is 2. The summed E-state index contributed by atoms with van der Waals surface area (Å²) >= 11 is 0. The molecule has 2 aromatic rings. The van der Waals surface area contributed by atoms with Crippen molar-refractivity contribution in [2.45, 2.75) is 26.3 Å². The topological polar surface area (TPSA) is 64.8 Å². The Morgan fingerprint density at radius 2 is 2.04 bits per heavy atom. The highest BCUT2D eigenvalue weighted by Crippen LogP contribution is 2.30. The van der Waals surface area contributed by atoms with Gasteiger partial charge in [0.2, 0.25) is 0 Å². The van der Waals surface area contributed by atoms with Crippen molar-refractivity contribution in [1.29, 1.82) is 0 Å². The molecule has 0 unspecified atom stereocenters. The molecule has 1 aliphatic rings. The number of nitrogens with two attached hydrogens (primary N) is 1. The standard InChI is InChI=1S/C20H24N2O3/c1-3-25-18-12-14(9-10-17(18)24-2)6-5-11-22-13-15-7-4-8-16(21)19(15)20(22)23/h4,7-10,12H,3,5-6,11,13,21H2,1-2H3. The molecular weight excluding hydrogens is 316 g/mol. The fourth-order valence-corrected chi connectivity index (χ4v) is 3.25. The number of hydrogen-bond donors (Lipinski definition) is 1. The third-order valence-corrected chi connectivity index (χ3v) is 4.47. The zero-order chi connectivity index (χ0) is 17.8. The molecule has 0 aromatic heterocycles. The van der Waals surface area contributed by atoms with Crippen LogP contribution in [0, 0.1) is 0 Å². The first-order valence-electron chi connectivity index (χ1n) is 8.60. The molecule has 0 atom stereocenters. The fourth-order valence-electron chi connectivity index (χ4n) is 3.25. The third-order valence-electron chi connectivity index (χ3n) is 4.47. The number of fused-ring (bicyclic) bond motifs is 1. The Bertz CT molecular complexity index is 774. The first kappa shape index (κ1) is 17.1. The predicted octanol–water partition coefficient (Wildman–Crippen LogP) is 3.26. The number of anilines is 1. The van der Waals surface area contributed by atoms with Gasteiger partial charge in [0.15, 0.2) is 11.5 Å². The van der Waals surface area contributed by atoms with E-state index in [1.165, 1.54) is 5.56 Å². The molecule has 3 rings (SSSR count). The van der Waals surface area contributed by atoms with E-state index in [1.54, 1.807) is 13.2 Å². The summed E-state index contributed by atoms with van der Waals surface area (Å²) in [4.78, 5) is 14.4. The smallest absolute Gasteiger partial charge is 0.256 e. The van der Waals surface area contributed by atoms with Gasteiger partial charge in [-0.1, -0.05) is 18.2 Å². The van der Waals surface area contributed by atoms with Gasteiger partial charge < -0.3 is 20.1 Å². The highest BCUT2D eigenvalue weighted by Gasteiger charge is 2.28. The van der Waals surface area contributed by atoms with Gasteiger partial charge in [0.1, 0.15) is 0 Å². The number of amides is 1. The van der Waals surface area contributed by atoms with E-state index in [0.29, 0.717) is 30.9 Å². The molecule has 132 valence electrons. The van der Waals surface area contributed by atoms with Crippen molar-refractivity contribution in [2.24, 2.45) is 0 Å². The first-order chi connectivity index (χ1) is 12.1. The second-order valence-electron chi connectivity index (χ2n) is 6.13. The van der Waals surface area contributed by atoms with Crippen LogP contribution in [-0.4, -0.2) is 31.1 Å². The number of nitrogens with zero attached hydrogens (tertiary/aromatic N) is 1. The molecule has 2 aromatic carbocycles. The van der Waals surface area contributed by atoms with Crippen molar-refractivity contribution in [3.8, 4) is 11.5 Å². The number of carbonyl (C=O) groups excluding carboxylic acids is 1. The lowest BCUT2D eigenvalue weighted by Gasteiger charge is -2.16. The zero-order valence-electron chi connectivity index (χ0n) is 14.7. The van der Waals surface area contributed by atoms with Gasteiger partial charge in [-0.2, -0.15) is 0 Å². The maximum atomic E-state index is 12.5. The molecule has 1 heterocycles. The van der Waals surface area contributed by atoms with Crippen LogP contribution >= 0.6 is 0 Å². The predicted molar refractivity (Wildman–Crippen MR) is 98.1 cm³/mol. The number of carbonyl (C=O) groups is 1. The highest BCUT2D eigenvalue weighted by atomic mass is 16.5. The number of nitrogen functional groups attached to an aromatic ring is 1. The van der Waals surface area contributed by atoms with Gasteiger partial charge in [-0.3, -0.25) is 4.79 Å². The average molecular weight is 340 g/mol. The average Bonchev–Trinajstić information content (AvgIpc) is 2.93. The summed E-state index contributed by atoms with van der Waals surface area (Å²) in [6.45, 7) is 3.91. The van der Waals surface area contributed by atoms with Crippen molar-refractivity contribution >= 4 is 11.6 Å². The lowest BCUT2D eigenvalue weighted by Crippen LogP contribution is -2.25. The molecule has 0 radical (unpaired) electrons. The fraction of sp³-hybridized carbons (Fsp3) is 0.350. The molecule has 0 saturated heterocycles. The summed E-state index contributed by atoms with van der Waals surface area (Å²) in [5.74, 6) is 1.55. The van der Waals surface area contributed by atoms with Crippen LogP contribution in [0.15, 0.2) is 36.4 Å². The minimum absolute atomic E-state index is 0.0397. The Hall–Kier alpha value is -2.69. The quantitative estimate of drug-likeness (QED) is 0.786. The molecule has 25 heavy (non-hydrogen) atoms. The Labute approximate surface area is 148 Å². The van der Waals surface area contributed by atoms with E-state index in [0.717, 1.165) is 29.9 Å². The molecular formula is C20H24N2O3. The van der Waals surface area contributed by atoms with Crippen LogP contribution in [0.2, 0.25) is 0 Å². The van der Waals surface area contributed by atoms with Crippen LogP contribution in [0.5, 0.6) is 11.5 Å². The summed E-state index contributed by atoms with van der Waals surface area (Å²) in [6.07, 6.45) is 1.76. The SMILES string of the molecule is CCOc1cc(CCCN2Cc3cccc(N)c3C2=O)ccc1OC. The van der Waals surface area contributed by atoms with E-state index in [2.05, 4.69) is 0 Å². The Morgan fingerprint density at radius 1 is 1.20 bits per heavy atom. The minimum atomic E-state index is 0.0397. The summed E-state index contributed by atoms with van der Waals surface area (Å²) < 4.78 is 10.9. The number of hydrogen-bond acceptors (Lipinski definition) is 4. The molecule has 0 aliphatic carbocycles. The van der Waals surface area contributed by atoms with Crippen LogP contribution in [0.1, 0.15) is 34.8 Å². The third kappa shape index (κ3) is 3.55. The highest BCUT2D eigenvalue weighted by molar-refractivity contribution is 6.03. The Kier molecular flexibility index (Phi) is 5.12. The van der Waals surface area contributed by atoms with Gasteiger partial charge in [0.05, 0.1) is 19.3 Å². The first-order valence-corrected chi connectivity index (χ1v) is 8.60. The van der Waals surface area contributed by atoms with Crippen LogP contribution in [0.4, 0.5) is 5.69 Å². The summed E-state index contributed by atoms with van der Waals surface area (Å²) in [5.41, 5.74) is 9.38. The molecule has 5 nitrogen and oxygen atoms in total. The number of aryl methyl sites for hydroxylation is 1. The van der Waals surface area contributed by atoms with Crippen LogP contribution in [-0.2, 0) is 13.0 Å². The number of ether oxygens (including phenoxy) is 2. The largest absolute Gasteiger partial charge is 0.493 e. The molecule has 5 heteroatoms. The normalized spacial score (nSPS) is 13.0. The van der Waals surface area contributed by atoms with Crippen LogP contribution in [0.25, 0.3) is 0 Å². The maximum absolute atomic E-state index is 12.5. The van der Waals surface area contributed by atoms with Crippen molar-refractivity contribution in [2.75, 3.05) is 26.0 Å². The lowest BCUT2D eigenvalue weighted by molar-refractivity contribution is 0.0777. The Balaban J connectivity index is 1.60. The van der Waals surface area contributed by atoms with Crippen molar-refractivity contribution in [3.05, 3.63) is 53.1 Å². The van der Waals surface area contributed by atoms with E-state index >= 15 is 0 Å². The van der Waals surface area contributed by atoms with E-state index in [-0.39, 0.29) is 5.91 Å². The molecule has 2 N–H and O–H groups in total. The second kappa shape index (κ2) is 7.47. The molecule has 0 spiro atoms. The number of rotatable bonds is 7. The van der Waals surface area contributed by atoms with Crippen molar-refractivity contribution in [3.63, 3.8) is 0 Å². The number of methoxy groups -OCH3 is 1. The maximum Gasteiger partial charge on any atom is 0.256 e. The van der Waals surface area contributed by atoms with Gasteiger partial charge >= 0.3 is 0 Å². The molecule has 1 amide bonds. The van der Waals surface area contributed by atoms with Gasteiger partial charge in [-0.15, -0.1) is 0 Å². The zero-order valence-corrected chi connectivity index (χ0v) is 14.7. The second-order valence-corrected chi connectivity index (χ2v) is 6.13. The van der Waals surface area contributed by atoms with Crippen molar-refractivity contribution < 1.29 is 14.3 Å². The van der Waals surface area contributed by atoms with E-state index in [9.17, 15) is 4.79 Å². The van der Waals surface area contributed by atoms with Gasteiger partial charge in [-0.05, 0) is 49.1 Å². The van der Waals surface area contributed by atoms with E-state index in [4.69, 9.17) is 15.2 Å². The molecule has 0 fully saturated rings. The van der Waals surface area contributed by atoms with Crippen LogP contribution < -0.4 is 15.2 Å². The lowest BCUT2D eigenvalue weighted by atomic mass is 10.1. The summed E-state index contributed by atoms with van der Waals surface area (Å²) in [7, 11) is 1.64. The van der Waals surface area contributed by atoms with Gasteiger partial charge in [-0.25, -0.2) is 0 Å². The molecule has 0 bridgehead atoms. The minimum Gasteiger partial charge on any atom is -0.493 e. The monoisotopic (exact) mass is 340 g/mol. The Morgan fingerprint density at radius 3 is 2.76 bits per heavy atom. The molecule has 1 aliphatic heterocycles. The molecule has 0 saturated carbocycles. The van der Waals surface area contributed by atoms with E-state index < -0.39 is 0 Å². The summed E-state index contributed by atoms with van der Waals surface area (Å²) in [6, 6.07) is 11.6. The van der Waals surface area contributed by atoms with Crippen molar-refractivity contribution in [1.82, 2.24) is 4.90 Å². The summed E-state index contributed by atoms with van der Waals surface area (Å²) in [5, 5.41) is 0. The van der Waals surface area contributed by atoms with Crippen LogP contribution in [0.3, 0.4) is 0 Å². The van der Waals surface area contributed by atoms with E-state index in [1.807, 2.05) is 42.2 Å². The van der Waals surface area contributed by atoms with Gasteiger partial charge in [0, 0.05) is 18.8 Å².